The molecule has 2 aromatic carbocycles. The van der Waals surface area contributed by atoms with E-state index in [1.165, 1.54) is 18.2 Å². The average molecular weight is 397 g/mol. The first-order valence-corrected chi connectivity index (χ1v) is 8.38. The highest BCUT2D eigenvalue weighted by atomic mass is 35.5. The minimum Gasteiger partial charge on any atom is -0.484 e. The van der Waals surface area contributed by atoms with E-state index in [1.807, 2.05) is 0 Å². The van der Waals surface area contributed by atoms with E-state index in [-0.39, 0.29) is 23.3 Å². The summed E-state index contributed by atoms with van der Waals surface area (Å²) >= 11 is 5.84. The highest BCUT2D eigenvalue weighted by Gasteiger charge is 2.15. The van der Waals surface area contributed by atoms with Gasteiger partial charge in [-0.3, -0.25) is 9.59 Å². The largest absolute Gasteiger partial charge is 0.484 e. The fourth-order valence-corrected chi connectivity index (χ4v) is 2.79. The van der Waals surface area contributed by atoms with Crippen LogP contribution < -0.4 is 20.1 Å². The number of fused-ring (bicyclic) bond motifs is 1. The summed E-state index contributed by atoms with van der Waals surface area (Å²) in [6.45, 7) is -3.24. The standard InChI is InChI=1S/C18H15ClF2N2O4/c19-13-8-11(2-5-15(13)27-18(20)21)22-17(25)9-26-12-3-4-14-10(7-12)1-6-16(24)23-14/h2-5,7-8,18H,1,6,9H2,(H,22,25)(H,23,24). The first kappa shape index (κ1) is 18.9. The summed E-state index contributed by atoms with van der Waals surface area (Å²) in [5.74, 6) is -0.153. The molecule has 0 saturated heterocycles. The van der Waals surface area contributed by atoms with Crippen LogP contribution in [0.3, 0.4) is 0 Å². The first-order chi connectivity index (χ1) is 12.9. The SMILES string of the molecule is O=C(COc1ccc2c(c1)CCC(=O)N2)Nc1ccc(OC(F)F)c(Cl)c1. The van der Waals surface area contributed by atoms with Crippen LogP contribution in [-0.4, -0.2) is 25.0 Å². The molecule has 0 unspecified atom stereocenters. The van der Waals surface area contributed by atoms with Crippen molar-refractivity contribution in [2.24, 2.45) is 0 Å². The van der Waals surface area contributed by atoms with Gasteiger partial charge in [-0.25, -0.2) is 0 Å². The molecule has 27 heavy (non-hydrogen) atoms. The maximum atomic E-state index is 12.2. The minimum atomic E-state index is -2.98. The number of benzene rings is 2. The van der Waals surface area contributed by atoms with Gasteiger partial charge in [0.1, 0.15) is 11.5 Å². The Morgan fingerprint density at radius 1 is 1.22 bits per heavy atom. The van der Waals surface area contributed by atoms with E-state index in [9.17, 15) is 18.4 Å². The van der Waals surface area contributed by atoms with Crippen LogP contribution >= 0.6 is 11.6 Å². The zero-order valence-corrected chi connectivity index (χ0v) is 14.7. The van der Waals surface area contributed by atoms with E-state index >= 15 is 0 Å². The van der Waals surface area contributed by atoms with Gasteiger partial charge in [0.15, 0.2) is 6.61 Å². The average Bonchev–Trinajstić information content (AvgIpc) is 2.62. The summed E-state index contributed by atoms with van der Waals surface area (Å²) in [6, 6.07) is 9.09. The van der Waals surface area contributed by atoms with Crippen LogP contribution in [0.2, 0.25) is 5.02 Å². The van der Waals surface area contributed by atoms with Gasteiger partial charge in [-0.05, 0) is 48.4 Å². The number of rotatable bonds is 6. The van der Waals surface area contributed by atoms with Gasteiger partial charge in [0, 0.05) is 17.8 Å². The summed E-state index contributed by atoms with van der Waals surface area (Å²) in [5, 5.41) is 5.27. The number of aryl methyl sites for hydroxylation is 1. The number of hydrogen-bond donors (Lipinski definition) is 2. The van der Waals surface area contributed by atoms with Crippen LogP contribution in [0.25, 0.3) is 0 Å². The van der Waals surface area contributed by atoms with Gasteiger partial charge >= 0.3 is 6.61 Å². The molecule has 142 valence electrons. The van der Waals surface area contributed by atoms with E-state index in [1.54, 1.807) is 18.2 Å². The summed E-state index contributed by atoms with van der Waals surface area (Å²) in [7, 11) is 0. The van der Waals surface area contributed by atoms with Gasteiger partial charge in [-0.15, -0.1) is 0 Å². The van der Waals surface area contributed by atoms with Crippen molar-refractivity contribution in [2.45, 2.75) is 19.5 Å². The number of alkyl halides is 2. The van der Waals surface area contributed by atoms with E-state index < -0.39 is 12.5 Å². The summed E-state index contributed by atoms with van der Waals surface area (Å²) < 4.78 is 34.1. The number of carbonyl (C=O) groups excluding carboxylic acids is 2. The lowest BCUT2D eigenvalue weighted by Crippen LogP contribution is -2.21. The maximum Gasteiger partial charge on any atom is 0.387 e. The Kier molecular flexibility index (Phi) is 5.75. The smallest absolute Gasteiger partial charge is 0.387 e. The Labute approximate surface area is 158 Å². The summed E-state index contributed by atoms with van der Waals surface area (Å²) in [5.41, 5.74) is 2.00. The Hall–Kier alpha value is -2.87. The van der Waals surface area contributed by atoms with Crippen molar-refractivity contribution >= 4 is 34.8 Å². The number of ether oxygens (including phenoxy) is 2. The van der Waals surface area contributed by atoms with Gasteiger partial charge in [-0.1, -0.05) is 11.6 Å². The van der Waals surface area contributed by atoms with Gasteiger partial charge in [-0.2, -0.15) is 8.78 Å². The third-order valence-corrected chi connectivity index (χ3v) is 4.07. The van der Waals surface area contributed by atoms with Crippen molar-refractivity contribution in [1.82, 2.24) is 0 Å². The third kappa shape index (κ3) is 5.07. The molecular weight excluding hydrogens is 382 g/mol. The van der Waals surface area contributed by atoms with Gasteiger partial charge in [0.25, 0.3) is 5.91 Å². The lowest BCUT2D eigenvalue weighted by atomic mass is 10.0. The van der Waals surface area contributed by atoms with E-state index in [2.05, 4.69) is 15.4 Å². The Balaban J connectivity index is 1.55. The number of hydrogen-bond acceptors (Lipinski definition) is 4. The van der Waals surface area contributed by atoms with Crippen LogP contribution in [0.5, 0.6) is 11.5 Å². The molecule has 0 saturated carbocycles. The van der Waals surface area contributed by atoms with Crippen molar-refractivity contribution in [1.29, 1.82) is 0 Å². The molecule has 0 aliphatic carbocycles. The lowest BCUT2D eigenvalue weighted by Gasteiger charge is -2.17. The Morgan fingerprint density at radius 2 is 2.04 bits per heavy atom. The Morgan fingerprint density at radius 3 is 2.78 bits per heavy atom. The molecule has 2 amide bonds. The molecule has 0 radical (unpaired) electrons. The van der Waals surface area contributed by atoms with Gasteiger partial charge < -0.3 is 20.1 Å². The molecule has 1 heterocycles. The molecule has 0 spiro atoms. The molecule has 1 aliphatic rings. The predicted molar refractivity (Wildman–Crippen MR) is 95.6 cm³/mol. The molecule has 2 aromatic rings. The van der Waals surface area contributed by atoms with Crippen LogP contribution in [0.1, 0.15) is 12.0 Å². The lowest BCUT2D eigenvalue weighted by molar-refractivity contribution is -0.118. The molecule has 3 rings (SSSR count). The van der Waals surface area contributed by atoms with Crippen LogP contribution in [-0.2, 0) is 16.0 Å². The maximum absolute atomic E-state index is 12.2. The van der Waals surface area contributed by atoms with Gasteiger partial charge in [0.2, 0.25) is 5.91 Å². The molecule has 0 aromatic heterocycles. The molecule has 0 fully saturated rings. The predicted octanol–water partition coefficient (Wildman–Crippen LogP) is 3.84. The second-order valence-electron chi connectivity index (χ2n) is 5.73. The quantitative estimate of drug-likeness (QED) is 0.777. The zero-order chi connectivity index (χ0) is 19.4. The number of amides is 2. The van der Waals surface area contributed by atoms with Crippen molar-refractivity contribution < 1.29 is 27.8 Å². The van der Waals surface area contributed by atoms with Crippen molar-refractivity contribution in [2.75, 3.05) is 17.2 Å². The summed E-state index contributed by atoms with van der Waals surface area (Å²) in [6.07, 6.45) is 1.01. The number of halogens is 3. The van der Waals surface area contributed by atoms with E-state index in [0.717, 1.165) is 11.3 Å². The number of anilines is 2. The van der Waals surface area contributed by atoms with Gasteiger partial charge in [0.05, 0.1) is 5.02 Å². The molecule has 0 bridgehead atoms. The zero-order valence-electron chi connectivity index (χ0n) is 13.9. The minimum absolute atomic E-state index is 0.0285. The highest BCUT2D eigenvalue weighted by molar-refractivity contribution is 6.32. The third-order valence-electron chi connectivity index (χ3n) is 3.77. The van der Waals surface area contributed by atoms with E-state index in [4.69, 9.17) is 16.3 Å². The number of carbonyl (C=O) groups is 2. The first-order valence-electron chi connectivity index (χ1n) is 8.00. The molecular formula is C18H15ClF2N2O4. The van der Waals surface area contributed by atoms with E-state index in [0.29, 0.717) is 24.3 Å². The van der Waals surface area contributed by atoms with Crippen LogP contribution in [0.15, 0.2) is 36.4 Å². The highest BCUT2D eigenvalue weighted by Crippen LogP contribution is 2.29. The normalized spacial score (nSPS) is 13.0. The number of nitrogens with one attached hydrogen (secondary N) is 2. The fraction of sp³-hybridized carbons (Fsp3) is 0.222. The van der Waals surface area contributed by atoms with Crippen molar-refractivity contribution in [3.63, 3.8) is 0 Å². The van der Waals surface area contributed by atoms with Crippen LogP contribution in [0, 0.1) is 0 Å². The molecule has 1 aliphatic heterocycles. The molecule has 6 nitrogen and oxygen atoms in total. The van der Waals surface area contributed by atoms with Crippen molar-refractivity contribution in [3.8, 4) is 11.5 Å². The molecule has 9 heteroatoms. The van der Waals surface area contributed by atoms with Crippen LogP contribution in [0.4, 0.5) is 20.2 Å². The van der Waals surface area contributed by atoms with Crippen molar-refractivity contribution in [3.05, 3.63) is 47.0 Å². The Bertz CT molecular complexity index is 876. The second-order valence-corrected chi connectivity index (χ2v) is 6.13. The summed E-state index contributed by atoms with van der Waals surface area (Å²) in [4.78, 5) is 23.4. The fourth-order valence-electron chi connectivity index (χ4n) is 2.57. The monoisotopic (exact) mass is 396 g/mol. The second kappa shape index (κ2) is 8.22. The molecule has 0 atom stereocenters. The molecule has 2 N–H and O–H groups in total. The topological polar surface area (TPSA) is 76.7 Å².